The number of hydrogen-bond donors (Lipinski definition) is 1. The van der Waals surface area contributed by atoms with Gasteiger partial charge in [-0.25, -0.2) is 13.6 Å². The van der Waals surface area contributed by atoms with E-state index in [4.69, 9.17) is 11.6 Å². The molecule has 0 saturated carbocycles. The van der Waals surface area contributed by atoms with Gasteiger partial charge in [-0.05, 0) is 11.6 Å². The van der Waals surface area contributed by atoms with Crippen molar-refractivity contribution >= 4 is 23.3 Å². The fourth-order valence-corrected chi connectivity index (χ4v) is 2.96. The number of carbonyl (C=O) groups excluding carboxylic acids is 1. The average molecular weight is 366 g/mol. The Morgan fingerprint density at radius 2 is 1.68 bits per heavy atom. The number of nitrogens with zero attached hydrogens (tertiary/aromatic N) is 2. The number of rotatable bonds is 3. The molecule has 2 aromatic rings. The largest absolute Gasteiger partial charge is 0.322 e. The van der Waals surface area contributed by atoms with Crippen LogP contribution in [0, 0.1) is 11.6 Å². The summed E-state index contributed by atoms with van der Waals surface area (Å²) in [6, 6.07) is 11.5. The number of anilines is 1. The molecule has 1 fully saturated rings. The molecule has 1 saturated heterocycles. The van der Waals surface area contributed by atoms with Crippen LogP contribution < -0.4 is 5.32 Å². The van der Waals surface area contributed by atoms with E-state index in [1.165, 1.54) is 5.56 Å². The van der Waals surface area contributed by atoms with E-state index in [0.717, 1.165) is 31.8 Å². The van der Waals surface area contributed by atoms with Crippen LogP contribution in [0.3, 0.4) is 0 Å². The van der Waals surface area contributed by atoms with Gasteiger partial charge in [0.1, 0.15) is 0 Å². The maximum absolute atomic E-state index is 13.3. The van der Waals surface area contributed by atoms with Crippen LogP contribution in [0.25, 0.3) is 0 Å². The molecule has 0 atom stereocenters. The maximum Gasteiger partial charge on any atom is 0.321 e. The molecule has 0 aromatic heterocycles. The van der Waals surface area contributed by atoms with Crippen molar-refractivity contribution in [2.24, 2.45) is 0 Å². The Balaban J connectivity index is 1.54. The molecular formula is C18H18ClF2N3O. The Labute approximate surface area is 150 Å². The minimum absolute atomic E-state index is 0.0324. The van der Waals surface area contributed by atoms with Crippen LogP contribution in [0.5, 0.6) is 0 Å². The number of benzene rings is 2. The summed E-state index contributed by atoms with van der Waals surface area (Å²) in [4.78, 5) is 16.2. The molecular weight excluding hydrogens is 348 g/mol. The van der Waals surface area contributed by atoms with Gasteiger partial charge in [-0.15, -0.1) is 0 Å². The van der Waals surface area contributed by atoms with Crippen LogP contribution in [-0.2, 0) is 6.54 Å². The Kier molecular flexibility index (Phi) is 5.50. The molecule has 7 heteroatoms. The third-order valence-corrected chi connectivity index (χ3v) is 4.47. The summed E-state index contributed by atoms with van der Waals surface area (Å²) in [5.41, 5.74) is 1.30. The van der Waals surface area contributed by atoms with Crippen molar-refractivity contribution in [3.8, 4) is 0 Å². The molecule has 2 aromatic carbocycles. The highest BCUT2D eigenvalue weighted by molar-refractivity contribution is 6.33. The van der Waals surface area contributed by atoms with E-state index in [1.807, 2.05) is 18.2 Å². The van der Waals surface area contributed by atoms with Crippen LogP contribution in [0.1, 0.15) is 5.56 Å². The fraction of sp³-hybridized carbons (Fsp3) is 0.278. The van der Waals surface area contributed by atoms with Crippen molar-refractivity contribution in [3.63, 3.8) is 0 Å². The van der Waals surface area contributed by atoms with Gasteiger partial charge in [0.05, 0.1) is 10.7 Å². The summed E-state index contributed by atoms with van der Waals surface area (Å²) < 4.78 is 26.4. The Hall–Kier alpha value is -2.18. The van der Waals surface area contributed by atoms with E-state index in [2.05, 4.69) is 22.3 Å². The lowest BCUT2D eigenvalue weighted by atomic mass is 10.2. The molecule has 0 spiro atoms. The topological polar surface area (TPSA) is 35.6 Å². The Bertz CT molecular complexity index is 749. The van der Waals surface area contributed by atoms with E-state index < -0.39 is 11.6 Å². The van der Waals surface area contributed by atoms with Crippen molar-refractivity contribution in [2.75, 3.05) is 31.5 Å². The van der Waals surface area contributed by atoms with E-state index in [-0.39, 0.29) is 16.7 Å². The van der Waals surface area contributed by atoms with E-state index in [0.29, 0.717) is 13.1 Å². The summed E-state index contributed by atoms with van der Waals surface area (Å²) in [6.07, 6.45) is 0. The molecule has 2 amide bonds. The molecule has 1 aliphatic heterocycles. The lowest BCUT2D eigenvalue weighted by Crippen LogP contribution is -2.49. The molecule has 0 aliphatic carbocycles. The first-order valence-corrected chi connectivity index (χ1v) is 8.37. The summed E-state index contributed by atoms with van der Waals surface area (Å²) >= 11 is 5.85. The number of nitrogens with one attached hydrogen (secondary N) is 1. The highest BCUT2D eigenvalue weighted by atomic mass is 35.5. The Morgan fingerprint density at radius 1 is 1.04 bits per heavy atom. The number of amides is 2. The third kappa shape index (κ3) is 4.46. The van der Waals surface area contributed by atoms with Gasteiger partial charge in [-0.1, -0.05) is 41.9 Å². The van der Waals surface area contributed by atoms with Gasteiger partial charge in [-0.3, -0.25) is 4.90 Å². The van der Waals surface area contributed by atoms with E-state index in [1.54, 1.807) is 4.90 Å². The Morgan fingerprint density at radius 3 is 2.36 bits per heavy atom. The van der Waals surface area contributed by atoms with Gasteiger partial charge in [0.15, 0.2) is 11.6 Å². The molecule has 25 heavy (non-hydrogen) atoms. The molecule has 1 aliphatic rings. The lowest BCUT2D eigenvalue weighted by molar-refractivity contribution is 0.143. The molecule has 0 bridgehead atoms. The predicted octanol–water partition coefficient (Wildman–Crippen LogP) is 3.97. The van der Waals surface area contributed by atoms with Crippen molar-refractivity contribution in [3.05, 3.63) is 64.7 Å². The van der Waals surface area contributed by atoms with Crippen LogP contribution in [0.2, 0.25) is 5.02 Å². The second-order valence-electron chi connectivity index (χ2n) is 5.93. The summed E-state index contributed by atoms with van der Waals surface area (Å²) in [5, 5.41) is 2.51. The number of carbonyl (C=O) groups is 1. The van der Waals surface area contributed by atoms with Gasteiger partial charge in [0, 0.05) is 38.8 Å². The predicted molar refractivity (Wildman–Crippen MR) is 93.7 cm³/mol. The first-order valence-electron chi connectivity index (χ1n) is 7.99. The van der Waals surface area contributed by atoms with Crippen LogP contribution >= 0.6 is 11.6 Å². The van der Waals surface area contributed by atoms with Crippen molar-refractivity contribution in [1.82, 2.24) is 9.80 Å². The highest BCUT2D eigenvalue weighted by Crippen LogP contribution is 2.25. The van der Waals surface area contributed by atoms with Crippen molar-refractivity contribution in [2.45, 2.75) is 6.54 Å². The minimum atomic E-state index is -1.05. The molecule has 3 rings (SSSR count). The van der Waals surface area contributed by atoms with E-state index >= 15 is 0 Å². The maximum atomic E-state index is 13.3. The highest BCUT2D eigenvalue weighted by Gasteiger charge is 2.22. The van der Waals surface area contributed by atoms with Crippen LogP contribution in [-0.4, -0.2) is 42.0 Å². The van der Waals surface area contributed by atoms with Gasteiger partial charge >= 0.3 is 6.03 Å². The van der Waals surface area contributed by atoms with Crippen molar-refractivity contribution < 1.29 is 13.6 Å². The number of urea groups is 1. The number of piperazine rings is 1. The number of halogens is 3. The molecule has 4 nitrogen and oxygen atoms in total. The quantitative estimate of drug-likeness (QED) is 0.835. The van der Waals surface area contributed by atoms with E-state index in [9.17, 15) is 13.6 Å². The second kappa shape index (κ2) is 7.80. The summed E-state index contributed by atoms with van der Waals surface area (Å²) in [6.45, 7) is 3.44. The van der Waals surface area contributed by atoms with Crippen LogP contribution in [0.4, 0.5) is 19.3 Å². The molecule has 1 heterocycles. The molecule has 0 radical (unpaired) electrons. The monoisotopic (exact) mass is 365 g/mol. The van der Waals surface area contributed by atoms with Gasteiger partial charge in [0.2, 0.25) is 0 Å². The molecule has 132 valence electrons. The lowest BCUT2D eigenvalue weighted by Gasteiger charge is -2.34. The van der Waals surface area contributed by atoms with Gasteiger partial charge in [-0.2, -0.15) is 0 Å². The zero-order valence-corrected chi connectivity index (χ0v) is 14.3. The third-order valence-electron chi connectivity index (χ3n) is 4.16. The first-order chi connectivity index (χ1) is 12.0. The number of hydrogen-bond acceptors (Lipinski definition) is 2. The van der Waals surface area contributed by atoms with Gasteiger partial charge < -0.3 is 10.2 Å². The normalized spacial score (nSPS) is 15.2. The SMILES string of the molecule is O=C(Nc1cc(F)c(F)cc1Cl)N1CCN(Cc2ccccc2)CC1. The van der Waals surface area contributed by atoms with Gasteiger partial charge in [0.25, 0.3) is 0 Å². The minimum Gasteiger partial charge on any atom is -0.322 e. The standard InChI is InChI=1S/C18H18ClF2N3O/c19-14-10-15(20)16(21)11-17(14)22-18(25)24-8-6-23(7-9-24)12-13-4-2-1-3-5-13/h1-5,10-11H,6-9,12H2,(H,22,25). The second-order valence-corrected chi connectivity index (χ2v) is 6.33. The average Bonchev–Trinajstić information content (AvgIpc) is 2.61. The molecule has 0 unspecified atom stereocenters. The smallest absolute Gasteiger partial charge is 0.321 e. The zero-order chi connectivity index (χ0) is 17.8. The summed E-state index contributed by atoms with van der Waals surface area (Å²) in [7, 11) is 0. The van der Waals surface area contributed by atoms with Crippen molar-refractivity contribution in [1.29, 1.82) is 0 Å². The van der Waals surface area contributed by atoms with Crippen LogP contribution in [0.15, 0.2) is 42.5 Å². The first kappa shape index (κ1) is 17.6. The zero-order valence-electron chi connectivity index (χ0n) is 13.5. The summed E-state index contributed by atoms with van der Waals surface area (Å²) in [5.74, 6) is -2.09. The molecule has 1 N–H and O–H groups in total. The fourth-order valence-electron chi connectivity index (χ4n) is 2.76.